The van der Waals surface area contributed by atoms with Gasteiger partial charge in [0.25, 0.3) is 0 Å². The van der Waals surface area contributed by atoms with Gasteiger partial charge in [0.1, 0.15) is 0 Å². The topological polar surface area (TPSA) is 69.2 Å². The molecule has 3 N–H and O–H groups in total. The average molecular weight is 369 g/mol. The van der Waals surface area contributed by atoms with Gasteiger partial charge in [-0.1, -0.05) is 47.5 Å². The number of anilines is 1. The van der Waals surface area contributed by atoms with Crippen LogP contribution in [0, 0.1) is 13.8 Å². The molecule has 0 radical (unpaired) electrons. The maximum absolute atomic E-state index is 6.25. The second kappa shape index (κ2) is 8.84. The van der Waals surface area contributed by atoms with Crippen molar-refractivity contribution >= 4 is 29.8 Å². The summed E-state index contributed by atoms with van der Waals surface area (Å²) >= 11 is 1.65. The molecule has 1 heterocycles. The molecule has 0 bridgehead atoms. The van der Waals surface area contributed by atoms with Crippen molar-refractivity contribution in [1.29, 1.82) is 0 Å². The number of benzene rings is 2. The van der Waals surface area contributed by atoms with E-state index >= 15 is 0 Å². The summed E-state index contributed by atoms with van der Waals surface area (Å²) in [4.78, 5) is 0. The molecular formula is C19H24N6S. The fraction of sp³-hybridized carbons (Fsp3) is 0.263. The Bertz CT molecular complexity index is 764. The maximum Gasteiger partial charge on any atom is 0.236 e. The number of rotatable bonds is 5. The second-order valence-corrected chi connectivity index (χ2v) is 7.10. The number of aryl methyl sites for hydroxylation is 2. The fourth-order valence-electron chi connectivity index (χ4n) is 2.51. The molecule has 3 rings (SSSR count). The molecule has 1 saturated heterocycles. The van der Waals surface area contributed by atoms with Gasteiger partial charge in [-0.3, -0.25) is 5.32 Å². The van der Waals surface area contributed by atoms with Gasteiger partial charge in [-0.25, -0.2) is 5.01 Å². The molecule has 0 saturated carbocycles. The normalized spacial score (nSPS) is 15.7. The van der Waals surface area contributed by atoms with Crippen LogP contribution >= 0.6 is 11.9 Å². The molecule has 2 aromatic rings. The van der Waals surface area contributed by atoms with Crippen LogP contribution in [0.5, 0.6) is 0 Å². The van der Waals surface area contributed by atoms with Gasteiger partial charge < -0.3 is 5.73 Å². The molecule has 0 aromatic heterocycles. The number of nitrogens with two attached hydrogens (primary N) is 1. The summed E-state index contributed by atoms with van der Waals surface area (Å²) in [5.41, 5.74) is 10.9. The van der Waals surface area contributed by atoms with Crippen LogP contribution in [-0.4, -0.2) is 29.1 Å². The number of hydrazine groups is 1. The Kier molecular flexibility index (Phi) is 6.27. The Morgan fingerprint density at radius 1 is 1.15 bits per heavy atom. The highest BCUT2D eigenvalue weighted by Crippen LogP contribution is 2.24. The molecule has 0 atom stereocenters. The van der Waals surface area contributed by atoms with Gasteiger partial charge in [0.15, 0.2) is 0 Å². The Hall–Kier alpha value is -2.35. The van der Waals surface area contributed by atoms with E-state index in [0.717, 1.165) is 18.0 Å². The number of nitrogens with zero attached hydrogens (tertiary/aromatic N) is 4. The molecule has 136 valence electrons. The van der Waals surface area contributed by atoms with Crippen LogP contribution in [0.25, 0.3) is 0 Å². The summed E-state index contributed by atoms with van der Waals surface area (Å²) in [6.07, 6.45) is 2.50. The summed E-state index contributed by atoms with van der Waals surface area (Å²) in [5, 5.41) is 13.5. The van der Waals surface area contributed by atoms with Gasteiger partial charge in [0, 0.05) is 12.6 Å². The van der Waals surface area contributed by atoms with E-state index in [-0.39, 0.29) is 0 Å². The van der Waals surface area contributed by atoms with Gasteiger partial charge in [-0.15, -0.1) is 9.52 Å². The van der Waals surface area contributed by atoms with Crippen LogP contribution in [0.15, 0.2) is 58.7 Å². The van der Waals surface area contributed by atoms with E-state index in [2.05, 4.69) is 65.8 Å². The summed E-state index contributed by atoms with van der Waals surface area (Å²) in [5.74, 6) is 1.18. The molecule has 0 unspecified atom stereocenters. The fourth-order valence-corrected chi connectivity index (χ4v) is 3.32. The van der Waals surface area contributed by atoms with Crippen molar-refractivity contribution in [1.82, 2.24) is 9.73 Å². The Morgan fingerprint density at radius 3 is 2.42 bits per heavy atom. The van der Waals surface area contributed by atoms with Gasteiger partial charge in [-0.2, -0.15) is 5.10 Å². The lowest BCUT2D eigenvalue weighted by atomic mass is 10.1. The van der Waals surface area contributed by atoms with Crippen LogP contribution in [-0.2, 0) is 6.42 Å². The SMILES string of the molecule is Cc1ccc(C/C=N/N=C(\N)N(c2ccc(C)cc2)N2CNCS2)cc1. The minimum Gasteiger partial charge on any atom is -0.367 e. The van der Waals surface area contributed by atoms with Crippen LogP contribution in [0.4, 0.5) is 5.69 Å². The van der Waals surface area contributed by atoms with Crippen molar-refractivity contribution < 1.29 is 0 Å². The summed E-state index contributed by atoms with van der Waals surface area (Å²) in [6.45, 7) is 4.84. The molecule has 1 aliphatic heterocycles. The molecule has 0 aliphatic carbocycles. The van der Waals surface area contributed by atoms with E-state index in [1.165, 1.54) is 16.7 Å². The molecule has 6 nitrogen and oxygen atoms in total. The number of nitrogens with one attached hydrogen (secondary N) is 1. The first-order valence-electron chi connectivity index (χ1n) is 8.52. The zero-order chi connectivity index (χ0) is 18.4. The van der Waals surface area contributed by atoms with E-state index in [0.29, 0.717) is 12.6 Å². The quantitative estimate of drug-likeness (QED) is 0.367. The molecule has 0 amide bonds. The smallest absolute Gasteiger partial charge is 0.236 e. The van der Waals surface area contributed by atoms with E-state index < -0.39 is 0 Å². The Balaban J connectivity index is 1.72. The number of hydrogen-bond donors (Lipinski definition) is 2. The van der Waals surface area contributed by atoms with Crippen LogP contribution in [0.1, 0.15) is 16.7 Å². The highest BCUT2D eigenvalue weighted by molar-refractivity contribution is 7.97. The molecule has 0 spiro atoms. The number of guanidine groups is 1. The first-order chi connectivity index (χ1) is 12.6. The third-order valence-corrected chi connectivity index (χ3v) is 4.89. The monoisotopic (exact) mass is 368 g/mol. The molecule has 2 aromatic carbocycles. The lowest BCUT2D eigenvalue weighted by Gasteiger charge is -2.30. The second-order valence-electron chi connectivity index (χ2n) is 6.13. The van der Waals surface area contributed by atoms with Crippen molar-refractivity contribution in [2.45, 2.75) is 20.3 Å². The minimum absolute atomic E-state index is 0.338. The predicted molar refractivity (Wildman–Crippen MR) is 111 cm³/mol. The Morgan fingerprint density at radius 2 is 1.81 bits per heavy atom. The zero-order valence-electron chi connectivity index (χ0n) is 15.1. The van der Waals surface area contributed by atoms with Crippen LogP contribution in [0.2, 0.25) is 0 Å². The van der Waals surface area contributed by atoms with Crippen molar-refractivity contribution in [3.8, 4) is 0 Å². The van der Waals surface area contributed by atoms with Gasteiger partial charge in [-0.05, 0) is 43.5 Å². The first kappa shape index (κ1) is 18.4. The van der Waals surface area contributed by atoms with Crippen molar-refractivity contribution in [2.75, 3.05) is 17.6 Å². The highest BCUT2D eigenvalue weighted by atomic mass is 32.2. The average Bonchev–Trinajstić information content (AvgIpc) is 3.16. The molecule has 26 heavy (non-hydrogen) atoms. The zero-order valence-corrected chi connectivity index (χ0v) is 15.9. The number of hydrogen-bond acceptors (Lipinski definition) is 5. The lowest BCUT2D eigenvalue weighted by molar-refractivity contribution is 0.488. The van der Waals surface area contributed by atoms with Crippen LogP contribution in [0.3, 0.4) is 0 Å². The third-order valence-electron chi connectivity index (χ3n) is 3.97. The molecule has 7 heteroatoms. The third kappa shape index (κ3) is 4.85. The van der Waals surface area contributed by atoms with Gasteiger partial charge in [0.05, 0.1) is 18.2 Å². The summed E-state index contributed by atoms with van der Waals surface area (Å²) in [6, 6.07) is 16.6. The van der Waals surface area contributed by atoms with E-state index in [1.807, 2.05) is 21.6 Å². The summed E-state index contributed by atoms with van der Waals surface area (Å²) in [7, 11) is 0. The molecule has 1 fully saturated rings. The lowest BCUT2D eigenvalue weighted by Crippen LogP contribution is -2.47. The van der Waals surface area contributed by atoms with E-state index in [1.54, 1.807) is 18.2 Å². The minimum atomic E-state index is 0.338. The largest absolute Gasteiger partial charge is 0.367 e. The van der Waals surface area contributed by atoms with Gasteiger partial charge >= 0.3 is 0 Å². The first-order valence-corrected chi connectivity index (χ1v) is 9.46. The predicted octanol–water partition coefficient (Wildman–Crippen LogP) is 3.04. The summed E-state index contributed by atoms with van der Waals surface area (Å²) < 4.78 is 2.04. The van der Waals surface area contributed by atoms with Crippen LogP contribution < -0.4 is 16.1 Å². The van der Waals surface area contributed by atoms with Crippen molar-refractivity contribution in [3.05, 3.63) is 65.2 Å². The van der Waals surface area contributed by atoms with Crippen molar-refractivity contribution in [3.63, 3.8) is 0 Å². The molecule has 1 aliphatic rings. The maximum atomic E-state index is 6.25. The molecular weight excluding hydrogens is 344 g/mol. The van der Waals surface area contributed by atoms with Crippen molar-refractivity contribution in [2.24, 2.45) is 15.9 Å². The highest BCUT2D eigenvalue weighted by Gasteiger charge is 2.23. The Labute approximate surface area is 158 Å². The standard InChI is InChI=1S/C19H24N6S/c1-15-3-7-17(8-4-15)11-12-22-23-19(20)25(24-13-21-14-26-24)18-9-5-16(2)6-10-18/h3-10,12,21H,11,13-14H2,1-2H3,(H2,20,23)/b22-12+. The van der Waals surface area contributed by atoms with Gasteiger partial charge in [0.2, 0.25) is 5.96 Å². The van der Waals surface area contributed by atoms with E-state index in [9.17, 15) is 0 Å². The van der Waals surface area contributed by atoms with E-state index in [4.69, 9.17) is 5.73 Å².